The Labute approximate surface area is 40.8 Å². The van der Waals surface area contributed by atoms with E-state index >= 15 is 0 Å². The van der Waals surface area contributed by atoms with Crippen LogP contribution in [0.5, 0.6) is 0 Å². The van der Waals surface area contributed by atoms with Gasteiger partial charge in [-0.15, -0.1) is 0 Å². The number of hydrogen-bond donors (Lipinski definition) is 1. The van der Waals surface area contributed by atoms with Crippen LogP contribution in [0.15, 0.2) is 0 Å². The summed E-state index contributed by atoms with van der Waals surface area (Å²) in [5.74, 6) is 0. The molecule has 40 valence electrons. The third-order valence-corrected chi connectivity index (χ3v) is 1.25. The maximum absolute atomic E-state index is 1.50. The zero-order valence-electron chi connectivity index (χ0n) is 4.24. The first-order chi connectivity index (χ1) is 2.50. The normalized spacial score (nSPS) is 20.0. The van der Waals surface area contributed by atoms with Crippen LogP contribution in [0.3, 0.4) is 0 Å². The van der Waals surface area contributed by atoms with E-state index in [1.165, 1.54) is 32.1 Å². The van der Waals surface area contributed by atoms with Crippen molar-refractivity contribution in [1.82, 2.24) is 6.15 Å². The lowest BCUT2D eigenvalue weighted by Gasteiger charge is -1.67. The standard InChI is InChI=1S/C5H10.H3N.H2/c1-2-4-5-3-1;;/h1-5H2;1H3;1H. The van der Waals surface area contributed by atoms with Gasteiger partial charge in [0.2, 0.25) is 0 Å². The van der Waals surface area contributed by atoms with Crippen LogP contribution in [0.4, 0.5) is 0 Å². The van der Waals surface area contributed by atoms with Crippen LogP contribution in [-0.4, -0.2) is 0 Å². The molecule has 0 unspecified atom stereocenters. The second-order valence-corrected chi connectivity index (χ2v) is 1.77. The zero-order chi connectivity index (χ0) is 3.54. The van der Waals surface area contributed by atoms with E-state index in [1.54, 1.807) is 0 Å². The average Bonchev–Trinajstić information content (AvgIpc) is 1.76. The molecule has 1 fully saturated rings. The van der Waals surface area contributed by atoms with Crippen molar-refractivity contribution in [2.45, 2.75) is 32.1 Å². The van der Waals surface area contributed by atoms with Crippen molar-refractivity contribution < 1.29 is 1.43 Å². The van der Waals surface area contributed by atoms with Crippen LogP contribution in [-0.2, 0) is 0 Å². The molecule has 1 aliphatic rings. The molecule has 0 aliphatic heterocycles. The van der Waals surface area contributed by atoms with Crippen LogP contribution in [0.25, 0.3) is 0 Å². The average molecular weight is 89.2 g/mol. The topological polar surface area (TPSA) is 35.0 Å². The van der Waals surface area contributed by atoms with Gasteiger partial charge in [-0.25, -0.2) is 0 Å². The van der Waals surface area contributed by atoms with Crippen molar-refractivity contribution in [3.63, 3.8) is 0 Å². The molecule has 0 saturated heterocycles. The molecule has 6 heavy (non-hydrogen) atoms. The summed E-state index contributed by atoms with van der Waals surface area (Å²) in [7, 11) is 0. The lowest BCUT2D eigenvalue weighted by atomic mass is 10.4. The summed E-state index contributed by atoms with van der Waals surface area (Å²) in [4.78, 5) is 0. The Bertz CT molecular complexity index is 19.7. The lowest BCUT2D eigenvalue weighted by Crippen LogP contribution is -1.47. The van der Waals surface area contributed by atoms with Gasteiger partial charge in [0.05, 0.1) is 0 Å². The van der Waals surface area contributed by atoms with Crippen molar-refractivity contribution in [2.24, 2.45) is 0 Å². The first-order valence-electron chi connectivity index (χ1n) is 2.50. The van der Waals surface area contributed by atoms with E-state index in [2.05, 4.69) is 0 Å². The molecule has 1 aliphatic carbocycles. The van der Waals surface area contributed by atoms with Crippen LogP contribution in [0.1, 0.15) is 33.5 Å². The van der Waals surface area contributed by atoms with E-state index in [0.717, 1.165) is 0 Å². The second kappa shape index (κ2) is 3.16. The molecule has 0 heterocycles. The van der Waals surface area contributed by atoms with Crippen molar-refractivity contribution in [1.29, 1.82) is 0 Å². The molecule has 3 N–H and O–H groups in total. The first kappa shape index (κ1) is 5.96. The first-order valence-corrected chi connectivity index (χ1v) is 2.50. The van der Waals surface area contributed by atoms with Gasteiger partial charge in [-0.3, -0.25) is 0 Å². The summed E-state index contributed by atoms with van der Waals surface area (Å²) < 4.78 is 0. The van der Waals surface area contributed by atoms with E-state index in [1.807, 2.05) is 0 Å². The van der Waals surface area contributed by atoms with E-state index in [4.69, 9.17) is 0 Å². The lowest BCUT2D eigenvalue weighted by molar-refractivity contribution is 0.886. The summed E-state index contributed by atoms with van der Waals surface area (Å²) in [6.07, 6.45) is 7.50. The molecule has 0 radical (unpaired) electrons. The fourth-order valence-electron chi connectivity index (χ4n) is 0.884. The minimum Gasteiger partial charge on any atom is -0.344 e. The molecule has 0 aromatic rings. The molecule has 1 heteroatoms. The minimum atomic E-state index is 0. The van der Waals surface area contributed by atoms with Gasteiger partial charge < -0.3 is 6.15 Å². The fraction of sp³-hybridized carbons (Fsp3) is 1.00. The van der Waals surface area contributed by atoms with Gasteiger partial charge in [0.1, 0.15) is 0 Å². The zero-order valence-corrected chi connectivity index (χ0v) is 4.24. The molecule has 0 amide bonds. The molecular formula is C5H15N. The summed E-state index contributed by atoms with van der Waals surface area (Å²) in [5, 5.41) is 0. The van der Waals surface area contributed by atoms with Gasteiger partial charge in [0, 0.05) is 1.43 Å². The summed E-state index contributed by atoms with van der Waals surface area (Å²) >= 11 is 0. The maximum atomic E-state index is 1.50. The van der Waals surface area contributed by atoms with E-state index in [9.17, 15) is 0 Å². The Kier molecular flexibility index (Phi) is 3.14. The minimum absolute atomic E-state index is 0. The Hall–Kier alpha value is -0.0400. The van der Waals surface area contributed by atoms with Crippen LogP contribution >= 0.6 is 0 Å². The summed E-state index contributed by atoms with van der Waals surface area (Å²) in [6, 6.07) is 0. The van der Waals surface area contributed by atoms with Crippen molar-refractivity contribution >= 4 is 0 Å². The predicted octanol–water partition coefficient (Wildman–Crippen LogP) is 2.36. The summed E-state index contributed by atoms with van der Waals surface area (Å²) in [6.45, 7) is 0. The Balaban J connectivity index is 0. The Morgan fingerprint density at radius 2 is 0.833 bits per heavy atom. The van der Waals surface area contributed by atoms with Crippen LogP contribution < -0.4 is 6.15 Å². The highest BCUT2D eigenvalue weighted by Gasteiger charge is 1.95. The molecule has 1 nitrogen and oxygen atoms in total. The second-order valence-electron chi connectivity index (χ2n) is 1.77. The highest BCUT2D eigenvalue weighted by atomic mass is 14.0. The number of rotatable bonds is 0. The van der Waals surface area contributed by atoms with E-state index in [0.29, 0.717) is 0 Å². The monoisotopic (exact) mass is 89.1 g/mol. The molecule has 1 rings (SSSR count). The van der Waals surface area contributed by atoms with E-state index < -0.39 is 0 Å². The highest BCUT2D eigenvalue weighted by molar-refractivity contribution is 4.51. The van der Waals surface area contributed by atoms with Crippen LogP contribution in [0, 0.1) is 0 Å². The molecule has 0 atom stereocenters. The van der Waals surface area contributed by atoms with Crippen molar-refractivity contribution in [2.75, 3.05) is 0 Å². The van der Waals surface area contributed by atoms with Crippen LogP contribution in [0.2, 0.25) is 0 Å². The number of hydrogen-bond acceptors (Lipinski definition) is 1. The maximum Gasteiger partial charge on any atom is 0 e. The third kappa shape index (κ3) is 1.41. The largest absolute Gasteiger partial charge is 0.344 e. The fourth-order valence-corrected chi connectivity index (χ4v) is 0.884. The third-order valence-electron chi connectivity index (χ3n) is 1.25. The smallest absolute Gasteiger partial charge is 0 e. The van der Waals surface area contributed by atoms with Gasteiger partial charge >= 0.3 is 0 Å². The summed E-state index contributed by atoms with van der Waals surface area (Å²) in [5.41, 5.74) is 0. The van der Waals surface area contributed by atoms with E-state index in [-0.39, 0.29) is 7.58 Å². The van der Waals surface area contributed by atoms with Crippen molar-refractivity contribution in [3.05, 3.63) is 0 Å². The quantitative estimate of drug-likeness (QED) is 0.485. The highest BCUT2D eigenvalue weighted by Crippen LogP contribution is 2.15. The van der Waals surface area contributed by atoms with Gasteiger partial charge in [0.15, 0.2) is 0 Å². The Morgan fingerprint density at radius 1 is 0.667 bits per heavy atom. The molecule has 0 spiro atoms. The van der Waals surface area contributed by atoms with Gasteiger partial charge in [-0.2, -0.15) is 0 Å². The van der Waals surface area contributed by atoms with Gasteiger partial charge in [-0.1, -0.05) is 32.1 Å². The predicted molar refractivity (Wildman–Crippen MR) is 30.2 cm³/mol. The van der Waals surface area contributed by atoms with Crippen molar-refractivity contribution in [3.8, 4) is 0 Å². The Morgan fingerprint density at radius 3 is 1.00 bits per heavy atom. The molecule has 0 bridgehead atoms. The molecule has 0 aromatic carbocycles. The molecule has 1 saturated carbocycles. The SMILES string of the molecule is C1CCCC1.N.[HH]. The molecular weight excluding hydrogens is 74.1 g/mol. The van der Waals surface area contributed by atoms with Gasteiger partial charge in [-0.05, 0) is 0 Å². The molecule has 0 aromatic heterocycles. The van der Waals surface area contributed by atoms with Gasteiger partial charge in [0.25, 0.3) is 0 Å².